The fraction of sp³-hybridized carbons (Fsp3) is 0.286. The van der Waals surface area contributed by atoms with Gasteiger partial charge < -0.3 is 20.6 Å². The molecule has 1 aliphatic rings. The zero-order valence-corrected chi connectivity index (χ0v) is 20.4. The maximum Gasteiger partial charge on any atom is 0.272 e. The van der Waals surface area contributed by atoms with Crippen molar-refractivity contribution in [2.75, 3.05) is 26.2 Å². The summed E-state index contributed by atoms with van der Waals surface area (Å²) in [5.41, 5.74) is 1.76. The third kappa shape index (κ3) is 6.69. The molecule has 2 aromatic carbocycles. The van der Waals surface area contributed by atoms with E-state index >= 15 is 0 Å². The highest BCUT2D eigenvalue weighted by molar-refractivity contribution is 5.96. The van der Waals surface area contributed by atoms with Crippen molar-refractivity contribution in [1.82, 2.24) is 20.5 Å². The van der Waals surface area contributed by atoms with Gasteiger partial charge in [0.25, 0.3) is 11.8 Å². The van der Waals surface area contributed by atoms with Crippen LogP contribution >= 0.6 is 0 Å². The minimum Gasteiger partial charge on any atom is -0.507 e. The number of carbonyl (C=O) groups is 3. The monoisotopic (exact) mass is 504 g/mol. The van der Waals surface area contributed by atoms with Gasteiger partial charge in [-0.3, -0.25) is 19.4 Å². The first-order chi connectivity index (χ1) is 17.9. The highest BCUT2D eigenvalue weighted by Gasteiger charge is 2.18. The van der Waals surface area contributed by atoms with E-state index in [9.17, 15) is 23.9 Å². The second-order valence-electron chi connectivity index (χ2n) is 8.87. The van der Waals surface area contributed by atoms with E-state index in [2.05, 4.69) is 15.6 Å². The molecule has 0 spiro atoms. The van der Waals surface area contributed by atoms with Crippen LogP contribution in [0.3, 0.4) is 0 Å². The summed E-state index contributed by atoms with van der Waals surface area (Å²) >= 11 is 0. The van der Waals surface area contributed by atoms with E-state index in [0.717, 1.165) is 5.56 Å². The molecule has 37 heavy (non-hydrogen) atoms. The highest BCUT2D eigenvalue weighted by atomic mass is 19.1. The number of amides is 3. The van der Waals surface area contributed by atoms with Crippen LogP contribution in [-0.4, -0.2) is 58.9 Å². The van der Waals surface area contributed by atoms with Gasteiger partial charge in [-0.2, -0.15) is 0 Å². The molecule has 4 rings (SSSR count). The van der Waals surface area contributed by atoms with Crippen LogP contribution in [0, 0.1) is 5.82 Å². The van der Waals surface area contributed by atoms with Crippen LogP contribution in [0.2, 0.25) is 0 Å². The molecule has 0 radical (unpaired) electrons. The minimum atomic E-state index is -0.563. The number of rotatable bonds is 1. The fourth-order valence-electron chi connectivity index (χ4n) is 4.23. The Bertz CT molecular complexity index is 1280. The lowest BCUT2D eigenvalue weighted by molar-refractivity contribution is -0.121. The molecule has 1 aromatic heterocycles. The van der Waals surface area contributed by atoms with E-state index in [1.807, 2.05) is 0 Å². The Morgan fingerprint density at radius 3 is 2.57 bits per heavy atom. The predicted molar refractivity (Wildman–Crippen MR) is 137 cm³/mol. The van der Waals surface area contributed by atoms with E-state index in [0.29, 0.717) is 51.1 Å². The van der Waals surface area contributed by atoms with Crippen LogP contribution in [0.5, 0.6) is 5.75 Å². The zero-order valence-electron chi connectivity index (χ0n) is 20.4. The molecule has 2 heterocycles. The predicted octanol–water partition coefficient (Wildman–Crippen LogP) is 3.31. The number of fused-ring (bicyclic) bond motifs is 5. The van der Waals surface area contributed by atoms with Crippen LogP contribution in [-0.2, 0) is 11.2 Å². The molecule has 3 N–H and O–H groups in total. The first-order valence-electron chi connectivity index (χ1n) is 12.3. The van der Waals surface area contributed by atoms with E-state index in [1.165, 1.54) is 24.3 Å². The van der Waals surface area contributed by atoms with Gasteiger partial charge >= 0.3 is 0 Å². The van der Waals surface area contributed by atoms with Crippen molar-refractivity contribution in [1.29, 1.82) is 0 Å². The smallest absolute Gasteiger partial charge is 0.272 e. The normalized spacial score (nSPS) is 15.5. The van der Waals surface area contributed by atoms with Gasteiger partial charge in [0.2, 0.25) is 5.91 Å². The number of pyridine rings is 1. The summed E-state index contributed by atoms with van der Waals surface area (Å²) in [6.07, 6.45) is 3.24. The average molecular weight is 505 g/mol. The molecule has 192 valence electrons. The molecule has 3 aromatic rings. The fourth-order valence-corrected chi connectivity index (χ4v) is 4.23. The molecule has 0 atom stereocenters. The number of phenolic OH excluding ortho intramolecular Hbond substituents is 1. The van der Waals surface area contributed by atoms with Crippen molar-refractivity contribution in [2.45, 2.75) is 25.7 Å². The number of phenols is 1. The minimum absolute atomic E-state index is 0.104. The molecule has 9 heteroatoms. The summed E-state index contributed by atoms with van der Waals surface area (Å²) in [7, 11) is 0. The third-order valence-corrected chi connectivity index (χ3v) is 6.21. The Hall–Kier alpha value is -4.27. The van der Waals surface area contributed by atoms with Crippen LogP contribution in [0.15, 0.2) is 60.8 Å². The number of halogens is 1. The topological polar surface area (TPSA) is 112 Å². The lowest BCUT2D eigenvalue weighted by Crippen LogP contribution is -2.36. The highest BCUT2D eigenvalue weighted by Crippen LogP contribution is 2.33. The van der Waals surface area contributed by atoms with Gasteiger partial charge in [0.15, 0.2) is 0 Å². The Balaban J connectivity index is 1.56. The molecule has 8 nitrogen and oxygen atoms in total. The summed E-state index contributed by atoms with van der Waals surface area (Å²) < 4.78 is 14.7. The lowest BCUT2D eigenvalue weighted by atomic mass is 9.98. The number of hydrogen-bond acceptors (Lipinski definition) is 5. The van der Waals surface area contributed by atoms with Crippen LogP contribution in [0.1, 0.15) is 45.7 Å². The summed E-state index contributed by atoms with van der Waals surface area (Å²) in [4.78, 5) is 43.9. The van der Waals surface area contributed by atoms with Crippen molar-refractivity contribution in [2.24, 2.45) is 0 Å². The Kier molecular flexibility index (Phi) is 8.45. The number of nitrogens with zero attached hydrogens (tertiary/aromatic N) is 2. The van der Waals surface area contributed by atoms with Crippen molar-refractivity contribution in [3.05, 3.63) is 83.4 Å². The van der Waals surface area contributed by atoms with Crippen LogP contribution in [0.4, 0.5) is 4.39 Å². The molecule has 4 bridgehead atoms. The quantitative estimate of drug-likeness (QED) is 0.471. The van der Waals surface area contributed by atoms with Gasteiger partial charge in [0, 0.05) is 55.5 Å². The summed E-state index contributed by atoms with van der Waals surface area (Å²) in [5.74, 6) is -1.42. The average Bonchev–Trinajstić information content (AvgIpc) is 2.91. The van der Waals surface area contributed by atoms with E-state index in [-0.39, 0.29) is 46.6 Å². The molecule has 0 saturated heterocycles. The molecule has 0 aliphatic carbocycles. The zero-order chi connectivity index (χ0) is 26.2. The maximum absolute atomic E-state index is 14.7. The van der Waals surface area contributed by atoms with Gasteiger partial charge in [-0.1, -0.05) is 12.1 Å². The molecule has 3 amide bonds. The second-order valence-corrected chi connectivity index (χ2v) is 8.87. The number of aromatic nitrogens is 1. The van der Waals surface area contributed by atoms with Crippen molar-refractivity contribution in [3.8, 4) is 16.9 Å². The van der Waals surface area contributed by atoms with Crippen LogP contribution < -0.4 is 10.6 Å². The largest absolute Gasteiger partial charge is 0.507 e. The number of hydrogen-bond donors (Lipinski definition) is 3. The van der Waals surface area contributed by atoms with E-state index in [4.69, 9.17) is 0 Å². The van der Waals surface area contributed by atoms with Gasteiger partial charge in [0.1, 0.15) is 17.3 Å². The Morgan fingerprint density at radius 2 is 1.76 bits per heavy atom. The van der Waals surface area contributed by atoms with Crippen molar-refractivity contribution in [3.63, 3.8) is 0 Å². The first kappa shape index (κ1) is 25.8. The number of aromatic hydroxyl groups is 1. The van der Waals surface area contributed by atoms with E-state index in [1.54, 1.807) is 41.4 Å². The van der Waals surface area contributed by atoms with Crippen molar-refractivity contribution < 1.29 is 23.9 Å². The number of carbonyl (C=O) groups excluding carboxylic acids is 3. The van der Waals surface area contributed by atoms with E-state index < -0.39 is 5.82 Å². The number of nitrogens with one attached hydrogen (secondary N) is 2. The molecule has 0 unspecified atom stereocenters. The van der Waals surface area contributed by atoms with Gasteiger partial charge in [-0.15, -0.1) is 0 Å². The molecule has 0 fully saturated rings. The standard InChI is InChI=1S/C28H29FN4O4/c29-23-9-8-20-18-21(23)22-17-19(7-10-25(22)34)11-14-31-26(35)6-3-15-33(16-4-13-32-27(20)36)28(37)24-5-1-2-12-30-24/h1-2,5,7-10,12,17-18,34H,3-4,6,11,13-16H2,(H,31,35)(H,32,36). The summed E-state index contributed by atoms with van der Waals surface area (Å²) in [6.45, 7) is 1.40. The summed E-state index contributed by atoms with van der Waals surface area (Å²) in [6, 6.07) is 14.0. The van der Waals surface area contributed by atoms with Crippen LogP contribution in [0.25, 0.3) is 11.1 Å². The maximum atomic E-state index is 14.7. The molecule has 1 aliphatic heterocycles. The Morgan fingerprint density at radius 1 is 0.919 bits per heavy atom. The SMILES string of the molecule is O=C1CCCN(C(=O)c2ccccn2)CCCNC(=O)c2ccc(F)c(c2)-c2cc(ccc2O)CCN1. The second kappa shape index (κ2) is 12.1. The van der Waals surface area contributed by atoms with Crippen molar-refractivity contribution >= 4 is 17.7 Å². The first-order valence-corrected chi connectivity index (χ1v) is 12.3. The summed E-state index contributed by atoms with van der Waals surface area (Å²) in [5, 5.41) is 16.1. The Labute approximate surface area is 214 Å². The van der Waals surface area contributed by atoms with Gasteiger partial charge in [0.05, 0.1) is 0 Å². The molecular formula is C28H29FN4O4. The van der Waals surface area contributed by atoms with Gasteiger partial charge in [-0.25, -0.2) is 4.39 Å². The number of benzene rings is 2. The molecular weight excluding hydrogens is 475 g/mol. The lowest BCUT2D eigenvalue weighted by Gasteiger charge is -2.22. The molecule has 0 saturated carbocycles. The third-order valence-electron chi connectivity index (χ3n) is 6.21. The van der Waals surface area contributed by atoms with Gasteiger partial charge in [-0.05, 0) is 67.3 Å².